The summed E-state index contributed by atoms with van der Waals surface area (Å²) in [5, 5.41) is 10.4. The van der Waals surface area contributed by atoms with Crippen molar-refractivity contribution >= 4 is 30.0 Å². The van der Waals surface area contributed by atoms with Crippen molar-refractivity contribution in [2.24, 2.45) is 0 Å². The second kappa shape index (κ2) is 6.20. The largest absolute Gasteiger partial charge is 0.491 e. The lowest BCUT2D eigenvalue weighted by molar-refractivity contribution is 0.0988. The van der Waals surface area contributed by atoms with Crippen LogP contribution in [0.5, 0.6) is 0 Å². The topological polar surface area (TPSA) is 59.4 Å². The number of carbonyl (C=O) groups is 1. The normalized spacial score (nSPS) is 13.9. The predicted molar refractivity (Wildman–Crippen MR) is 85.7 cm³/mol. The molecule has 4 nitrogen and oxygen atoms in total. The second-order valence-electron chi connectivity index (χ2n) is 5.42. The number of carbonyl (C=O) groups excluding carboxylic acids is 1. The van der Waals surface area contributed by atoms with Crippen molar-refractivity contribution in [2.45, 2.75) is 19.8 Å². The van der Waals surface area contributed by atoms with E-state index >= 15 is 0 Å². The molecule has 1 aliphatic heterocycles. The molecule has 0 fully saturated rings. The summed E-state index contributed by atoms with van der Waals surface area (Å²) in [5.41, 5.74) is 3.82. The molecule has 0 saturated carbocycles. The highest BCUT2D eigenvalue weighted by Gasteiger charge is 2.25. The molecule has 2 heterocycles. The van der Waals surface area contributed by atoms with Gasteiger partial charge in [0.25, 0.3) is 0 Å². The SMILES string of the molecule is Cc1cnc(C(=O)Cc2ccc3c(c2)B(O)OCC3)cc1Cl. The monoisotopic (exact) mass is 315 g/mol. The maximum atomic E-state index is 12.3. The van der Waals surface area contributed by atoms with Gasteiger partial charge in [-0.2, -0.15) is 0 Å². The molecule has 1 aromatic carbocycles. The van der Waals surface area contributed by atoms with Gasteiger partial charge >= 0.3 is 7.12 Å². The van der Waals surface area contributed by atoms with Crippen LogP contribution >= 0.6 is 11.6 Å². The van der Waals surface area contributed by atoms with Crippen LogP contribution in [0.1, 0.15) is 27.2 Å². The average Bonchev–Trinajstić information content (AvgIpc) is 2.51. The quantitative estimate of drug-likeness (QED) is 0.692. The first kappa shape index (κ1) is 15.2. The summed E-state index contributed by atoms with van der Waals surface area (Å²) < 4.78 is 5.22. The van der Waals surface area contributed by atoms with Gasteiger partial charge in [-0.1, -0.05) is 29.8 Å². The molecule has 0 aliphatic carbocycles. The van der Waals surface area contributed by atoms with Crippen molar-refractivity contribution in [3.63, 3.8) is 0 Å². The molecule has 0 saturated heterocycles. The Morgan fingerprint density at radius 1 is 1.45 bits per heavy atom. The third-order valence-corrected chi connectivity index (χ3v) is 4.22. The fourth-order valence-electron chi connectivity index (χ4n) is 2.51. The fourth-order valence-corrected chi connectivity index (χ4v) is 2.66. The number of hydrogen-bond acceptors (Lipinski definition) is 4. The van der Waals surface area contributed by atoms with Crippen LogP contribution in [0.15, 0.2) is 30.5 Å². The molecule has 1 aromatic heterocycles. The van der Waals surface area contributed by atoms with E-state index in [0.29, 0.717) is 17.3 Å². The zero-order valence-electron chi connectivity index (χ0n) is 12.2. The zero-order valence-corrected chi connectivity index (χ0v) is 12.9. The summed E-state index contributed by atoms with van der Waals surface area (Å²) in [7, 11) is -0.911. The summed E-state index contributed by atoms with van der Waals surface area (Å²) in [5.74, 6) is -0.104. The van der Waals surface area contributed by atoms with Crippen LogP contribution in [0.2, 0.25) is 5.02 Å². The molecule has 0 amide bonds. The number of hydrogen-bond donors (Lipinski definition) is 1. The minimum absolute atomic E-state index is 0.104. The van der Waals surface area contributed by atoms with E-state index in [2.05, 4.69) is 4.98 Å². The van der Waals surface area contributed by atoms with Crippen molar-refractivity contribution in [1.82, 2.24) is 4.98 Å². The van der Waals surface area contributed by atoms with Crippen molar-refractivity contribution in [3.05, 3.63) is 57.9 Å². The van der Waals surface area contributed by atoms with E-state index in [0.717, 1.165) is 28.6 Å². The molecule has 0 atom stereocenters. The van der Waals surface area contributed by atoms with E-state index in [1.54, 1.807) is 12.3 Å². The van der Waals surface area contributed by atoms with Gasteiger partial charge < -0.3 is 9.68 Å². The van der Waals surface area contributed by atoms with Gasteiger partial charge in [0.05, 0.1) is 0 Å². The number of Topliss-reactive ketones (excluding diaryl/α,β-unsaturated/α-hetero) is 1. The fraction of sp³-hybridized carbons (Fsp3) is 0.250. The maximum absolute atomic E-state index is 12.3. The molecule has 1 N–H and O–H groups in total. The van der Waals surface area contributed by atoms with Gasteiger partial charge in [0.2, 0.25) is 0 Å². The van der Waals surface area contributed by atoms with Crippen molar-refractivity contribution < 1.29 is 14.5 Å². The predicted octanol–water partition coefficient (Wildman–Crippen LogP) is 1.73. The standard InChI is InChI=1S/C16H15BClNO3/c1-10-9-19-15(8-14(10)18)16(20)7-11-2-3-12-4-5-22-17(21)13(12)6-11/h2-3,6,8-9,21H,4-5,7H2,1H3. The number of nitrogens with zero attached hydrogens (tertiary/aromatic N) is 1. The molecule has 0 radical (unpaired) electrons. The van der Waals surface area contributed by atoms with Gasteiger partial charge in [0, 0.05) is 24.2 Å². The highest BCUT2D eigenvalue weighted by atomic mass is 35.5. The van der Waals surface area contributed by atoms with Gasteiger partial charge in [-0.25, -0.2) is 0 Å². The molecule has 0 bridgehead atoms. The Labute approximate surface area is 134 Å². The Kier molecular flexibility index (Phi) is 4.29. The van der Waals surface area contributed by atoms with Gasteiger partial charge in [0.1, 0.15) is 5.69 Å². The van der Waals surface area contributed by atoms with E-state index in [-0.39, 0.29) is 12.2 Å². The first-order valence-corrected chi connectivity index (χ1v) is 7.49. The van der Waals surface area contributed by atoms with E-state index < -0.39 is 7.12 Å². The lowest BCUT2D eigenvalue weighted by Gasteiger charge is -2.19. The number of fused-ring (bicyclic) bond motifs is 1. The number of aryl methyl sites for hydroxylation is 1. The summed E-state index contributed by atoms with van der Waals surface area (Å²) in [4.78, 5) is 16.4. The molecule has 0 spiro atoms. The Hall–Kier alpha value is -1.69. The minimum atomic E-state index is -0.911. The van der Waals surface area contributed by atoms with Crippen LogP contribution in [0.25, 0.3) is 0 Å². The number of benzene rings is 1. The van der Waals surface area contributed by atoms with Crippen molar-refractivity contribution in [3.8, 4) is 0 Å². The molecule has 22 heavy (non-hydrogen) atoms. The average molecular weight is 316 g/mol. The lowest BCUT2D eigenvalue weighted by Crippen LogP contribution is -2.41. The summed E-state index contributed by atoms with van der Waals surface area (Å²) in [6.07, 6.45) is 2.59. The maximum Gasteiger partial charge on any atom is 0.491 e. The van der Waals surface area contributed by atoms with Crippen molar-refractivity contribution in [1.29, 1.82) is 0 Å². The molecular weight excluding hydrogens is 300 g/mol. The third-order valence-electron chi connectivity index (χ3n) is 3.81. The first-order chi connectivity index (χ1) is 10.5. The number of pyridine rings is 1. The van der Waals surface area contributed by atoms with Crippen LogP contribution in [0, 0.1) is 6.92 Å². The van der Waals surface area contributed by atoms with Crippen molar-refractivity contribution in [2.75, 3.05) is 6.61 Å². The van der Waals surface area contributed by atoms with E-state index in [1.165, 1.54) is 0 Å². The van der Waals surface area contributed by atoms with Gasteiger partial charge in [-0.3, -0.25) is 9.78 Å². The lowest BCUT2D eigenvalue weighted by atomic mass is 9.73. The molecule has 1 aliphatic rings. The number of halogens is 1. The molecule has 6 heteroatoms. The number of rotatable bonds is 3. The first-order valence-electron chi connectivity index (χ1n) is 7.11. The summed E-state index contributed by atoms with van der Waals surface area (Å²) in [6, 6.07) is 7.27. The molecule has 112 valence electrons. The van der Waals surface area contributed by atoms with Gasteiger partial charge in [-0.05, 0) is 41.6 Å². The Morgan fingerprint density at radius 3 is 3.05 bits per heavy atom. The van der Waals surface area contributed by atoms with E-state index in [1.807, 2.05) is 25.1 Å². The number of ketones is 1. The Morgan fingerprint density at radius 2 is 2.27 bits per heavy atom. The highest BCUT2D eigenvalue weighted by molar-refractivity contribution is 6.60. The van der Waals surface area contributed by atoms with Gasteiger partial charge in [0.15, 0.2) is 5.78 Å². The smallest absolute Gasteiger partial charge is 0.423 e. The second-order valence-corrected chi connectivity index (χ2v) is 5.83. The van der Waals surface area contributed by atoms with Crippen LogP contribution in [0.3, 0.4) is 0 Å². The minimum Gasteiger partial charge on any atom is -0.423 e. The highest BCUT2D eigenvalue weighted by Crippen LogP contribution is 2.16. The Balaban J connectivity index is 1.82. The molecule has 0 unspecified atom stereocenters. The number of aromatic nitrogens is 1. The third kappa shape index (κ3) is 3.07. The molecular formula is C16H15BClNO3. The van der Waals surface area contributed by atoms with Crippen LogP contribution < -0.4 is 5.46 Å². The van der Waals surface area contributed by atoms with E-state index in [4.69, 9.17) is 16.3 Å². The van der Waals surface area contributed by atoms with Crippen LogP contribution in [-0.4, -0.2) is 29.5 Å². The Bertz CT molecular complexity index is 735. The summed E-state index contributed by atoms with van der Waals surface area (Å²) >= 11 is 6.03. The van der Waals surface area contributed by atoms with Crippen LogP contribution in [0.4, 0.5) is 0 Å². The van der Waals surface area contributed by atoms with Gasteiger partial charge in [-0.15, -0.1) is 0 Å². The molecule has 3 rings (SSSR count). The molecule has 2 aromatic rings. The summed E-state index contributed by atoms with van der Waals surface area (Å²) in [6.45, 7) is 2.35. The van der Waals surface area contributed by atoms with Crippen LogP contribution in [-0.2, 0) is 17.5 Å². The zero-order chi connectivity index (χ0) is 15.7. The van der Waals surface area contributed by atoms with E-state index in [9.17, 15) is 9.82 Å².